The van der Waals surface area contributed by atoms with Gasteiger partial charge >= 0.3 is 0 Å². The maximum atomic E-state index is 12.3. The standard InChI is InChI=1S/C20H21N3O3/c1-14(2)26-19-10-8-18(9-11-19)23(15(3)24)13-20(25)22-17-6-4-16(12-21)5-7-17/h4-11,14H,13H2,1-3H3,(H,22,25). The predicted octanol–water partition coefficient (Wildman–Crippen LogP) is 3.34. The Morgan fingerprint density at radius 3 is 2.23 bits per heavy atom. The molecule has 0 saturated carbocycles. The Hall–Kier alpha value is -3.33. The molecule has 0 atom stereocenters. The van der Waals surface area contributed by atoms with E-state index in [1.54, 1.807) is 48.5 Å². The Bertz CT molecular complexity index is 806. The molecule has 2 amide bonds. The van der Waals surface area contributed by atoms with Gasteiger partial charge in [-0.1, -0.05) is 0 Å². The van der Waals surface area contributed by atoms with Gasteiger partial charge in [-0.05, 0) is 62.4 Å². The van der Waals surface area contributed by atoms with E-state index in [9.17, 15) is 9.59 Å². The number of hydrogen-bond donors (Lipinski definition) is 1. The highest BCUT2D eigenvalue weighted by Crippen LogP contribution is 2.20. The number of carbonyl (C=O) groups is 2. The van der Waals surface area contributed by atoms with Gasteiger partial charge in [0.1, 0.15) is 12.3 Å². The molecule has 2 rings (SSSR count). The van der Waals surface area contributed by atoms with Crippen LogP contribution >= 0.6 is 0 Å². The number of benzene rings is 2. The molecule has 0 aromatic heterocycles. The summed E-state index contributed by atoms with van der Waals surface area (Å²) in [6.45, 7) is 5.17. The summed E-state index contributed by atoms with van der Waals surface area (Å²) in [5, 5.41) is 11.5. The molecular formula is C20H21N3O3. The number of nitrogens with zero attached hydrogens (tertiary/aromatic N) is 2. The SMILES string of the molecule is CC(=O)N(CC(=O)Nc1ccc(C#N)cc1)c1ccc(OC(C)C)cc1. The van der Waals surface area contributed by atoms with E-state index >= 15 is 0 Å². The van der Waals surface area contributed by atoms with E-state index < -0.39 is 0 Å². The molecule has 2 aromatic carbocycles. The van der Waals surface area contributed by atoms with Crippen LogP contribution in [0.2, 0.25) is 0 Å². The molecule has 6 heteroatoms. The molecule has 0 saturated heterocycles. The second-order valence-corrected chi connectivity index (χ2v) is 6.00. The van der Waals surface area contributed by atoms with Gasteiger partial charge in [0.25, 0.3) is 0 Å². The van der Waals surface area contributed by atoms with E-state index in [4.69, 9.17) is 10.00 Å². The molecule has 0 spiro atoms. The number of anilines is 2. The van der Waals surface area contributed by atoms with Crippen molar-refractivity contribution >= 4 is 23.2 Å². The van der Waals surface area contributed by atoms with Gasteiger partial charge in [-0.2, -0.15) is 5.26 Å². The first-order valence-corrected chi connectivity index (χ1v) is 8.24. The molecule has 0 bridgehead atoms. The van der Waals surface area contributed by atoms with Crippen LogP contribution in [0.4, 0.5) is 11.4 Å². The summed E-state index contributed by atoms with van der Waals surface area (Å²) in [5.74, 6) is 0.138. The molecule has 0 heterocycles. The lowest BCUT2D eigenvalue weighted by molar-refractivity contribution is -0.120. The minimum Gasteiger partial charge on any atom is -0.491 e. The van der Waals surface area contributed by atoms with E-state index in [0.717, 1.165) is 0 Å². The lowest BCUT2D eigenvalue weighted by Gasteiger charge is -2.21. The van der Waals surface area contributed by atoms with Gasteiger partial charge in [0.15, 0.2) is 0 Å². The number of amides is 2. The van der Waals surface area contributed by atoms with Crippen molar-refractivity contribution in [3.8, 4) is 11.8 Å². The molecule has 0 radical (unpaired) electrons. The maximum Gasteiger partial charge on any atom is 0.244 e. The van der Waals surface area contributed by atoms with E-state index in [-0.39, 0.29) is 24.5 Å². The van der Waals surface area contributed by atoms with Crippen LogP contribution in [0.1, 0.15) is 26.3 Å². The Morgan fingerprint density at radius 2 is 1.73 bits per heavy atom. The van der Waals surface area contributed by atoms with Crippen molar-refractivity contribution in [1.29, 1.82) is 5.26 Å². The lowest BCUT2D eigenvalue weighted by atomic mass is 10.2. The molecule has 0 aliphatic carbocycles. The largest absolute Gasteiger partial charge is 0.491 e. The van der Waals surface area contributed by atoms with Gasteiger partial charge in [0.2, 0.25) is 11.8 Å². The summed E-state index contributed by atoms with van der Waals surface area (Å²) < 4.78 is 5.58. The predicted molar refractivity (Wildman–Crippen MR) is 100 cm³/mol. The third-order valence-corrected chi connectivity index (χ3v) is 3.50. The van der Waals surface area contributed by atoms with E-state index in [0.29, 0.717) is 22.7 Å². The minimum absolute atomic E-state index is 0.0583. The number of nitriles is 1. The van der Waals surface area contributed by atoms with Crippen molar-refractivity contribution in [2.75, 3.05) is 16.8 Å². The average molecular weight is 351 g/mol. The Morgan fingerprint density at radius 1 is 1.12 bits per heavy atom. The Balaban J connectivity index is 2.06. The summed E-state index contributed by atoms with van der Waals surface area (Å²) in [4.78, 5) is 25.6. The second-order valence-electron chi connectivity index (χ2n) is 6.00. The number of ether oxygens (including phenoxy) is 1. The monoisotopic (exact) mass is 351 g/mol. The van der Waals surface area contributed by atoms with Gasteiger partial charge in [-0.15, -0.1) is 0 Å². The van der Waals surface area contributed by atoms with Gasteiger partial charge < -0.3 is 15.0 Å². The van der Waals surface area contributed by atoms with Gasteiger partial charge in [-0.25, -0.2) is 0 Å². The zero-order valence-electron chi connectivity index (χ0n) is 15.0. The van der Waals surface area contributed by atoms with E-state index in [1.807, 2.05) is 19.9 Å². The molecule has 0 aliphatic heterocycles. The van der Waals surface area contributed by atoms with E-state index in [1.165, 1.54) is 11.8 Å². The second kappa shape index (κ2) is 8.67. The van der Waals surface area contributed by atoms with Crippen LogP contribution in [-0.2, 0) is 9.59 Å². The van der Waals surface area contributed by atoms with Crippen LogP contribution < -0.4 is 15.0 Å². The molecule has 26 heavy (non-hydrogen) atoms. The third kappa shape index (κ3) is 5.35. The van der Waals surface area contributed by atoms with Crippen molar-refractivity contribution in [3.63, 3.8) is 0 Å². The highest BCUT2D eigenvalue weighted by atomic mass is 16.5. The zero-order chi connectivity index (χ0) is 19.1. The smallest absolute Gasteiger partial charge is 0.244 e. The number of carbonyl (C=O) groups excluding carboxylic acids is 2. The summed E-state index contributed by atoms with van der Waals surface area (Å²) in [5.41, 5.74) is 1.69. The summed E-state index contributed by atoms with van der Waals surface area (Å²) in [6, 6.07) is 15.6. The van der Waals surface area contributed by atoms with Crippen molar-refractivity contribution in [3.05, 3.63) is 54.1 Å². The molecular weight excluding hydrogens is 330 g/mol. The maximum absolute atomic E-state index is 12.3. The molecule has 0 unspecified atom stereocenters. The lowest BCUT2D eigenvalue weighted by Crippen LogP contribution is -2.36. The summed E-state index contributed by atoms with van der Waals surface area (Å²) >= 11 is 0. The molecule has 1 N–H and O–H groups in total. The molecule has 0 fully saturated rings. The first-order chi connectivity index (χ1) is 12.4. The van der Waals surface area contributed by atoms with Gasteiger partial charge in [0, 0.05) is 18.3 Å². The first kappa shape index (κ1) is 19.0. The topological polar surface area (TPSA) is 82.4 Å². The summed E-state index contributed by atoms with van der Waals surface area (Å²) in [7, 11) is 0. The van der Waals surface area contributed by atoms with Crippen LogP contribution in [0.5, 0.6) is 5.75 Å². The number of nitrogens with one attached hydrogen (secondary N) is 1. The molecule has 134 valence electrons. The van der Waals surface area contributed by atoms with Crippen LogP contribution in [0, 0.1) is 11.3 Å². The van der Waals surface area contributed by atoms with Crippen LogP contribution in [0.25, 0.3) is 0 Å². The van der Waals surface area contributed by atoms with Crippen molar-refractivity contribution < 1.29 is 14.3 Å². The Kier molecular flexibility index (Phi) is 6.34. The van der Waals surface area contributed by atoms with Crippen LogP contribution in [0.15, 0.2) is 48.5 Å². The highest BCUT2D eigenvalue weighted by molar-refractivity contribution is 6.01. The summed E-state index contributed by atoms with van der Waals surface area (Å²) in [6.07, 6.45) is 0.0583. The fourth-order valence-corrected chi connectivity index (χ4v) is 2.33. The highest BCUT2D eigenvalue weighted by Gasteiger charge is 2.16. The third-order valence-electron chi connectivity index (χ3n) is 3.50. The minimum atomic E-state index is -0.326. The average Bonchev–Trinajstić information content (AvgIpc) is 2.60. The molecule has 2 aromatic rings. The zero-order valence-corrected chi connectivity index (χ0v) is 15.0. The normalized spacial score (nSPS) is 10.1. The van der Waals surface area contributed by atoms with Crippen LogP contribution in [0.3, 0.4) is 0 Å². The van der Waals surface area contributed by atoms with Crippen molar-refractivity contribution in [1.82, 2.24) is 0 Å². The molecule has 6 nitrogen and oxygen atoms in total. The number of rotatable bonds is 6. The number of hydrogen-bond acceptors (Lipinski definition) is 4. The quantitative estimate of drug-likeness (QED) is 0.865. The fourth-order valence-electron chi connectivity index (χ4n) is 2.33. The van der Waals surface area contributed by atoms with Crippen molar-refractivity contribution in [2.45, 2.75) is 26.9 Å². The van der Waals surface area contributed by atoms with Gasteiger partial charge in [0.05, 0.1) is 17.7 Å². The first-order valence-electron chi connectivity index (χ1n) is 8.24. The van der Waals surface area contributed by atoms with Gasteiger partial charge in [-0.3, -0.25) is 9.59 Å². The fraction of sp³-hybridized carbons (Fsp3) is 0.250. The Labute approximate surface area is 153 Å². The molecule has 0 aliphatic rings. The van der Waals surface area contributed by atoms with Crippen molar-refractivity contribution in [2.24, 2.45) is 0 Å². The van der Waals surface area contributed by atoms with E-state index in [2.05, 4.69) is 5.32 Å². The van der Waals surface area contributed by atoms with Crippen LogP contribution in [-0.4, -0.2) is 24.5 Å².